The van der Waals surface area contributed by atoms with Crippen molar-refractivity contribution in [1.29, 1.82) is 0 Å². The number of aryl methyl sites for hydroxylation is 1. The molecular weight excluding hydrogens is 459 g/mol. The smallest absolute Gasteiger partial charge is 0.263 e. The summed E-state index contributed by atoms with van der Waals surface area (Å²) >= 11 is 0. The summed E-state index contributed by atoms with van der Waals surface area (Å²) in [5.41, 5.74) is 8.07. The van der Waals surface area contributed by atoms with Gasteiger partial charge >= 0.3 is 0 Å². The van der Waals surface area contributed by atoms with Crippen molar-refractivity contribution < 1.29 is 22.7 Å². The number of nitrogens with zero attached hydrogens (tertiary/aromatic N) is 2. The van der Waals surface area contributed by atoms with Gasteiger partial charge in [-0.2, -0.15) is 0 Å². The Hall–Kier alpha value is -3.14. The molecule has 2 aliphatic rings. The van der Waals surface area contributed by atoms with E-state index in [0.717, 1.165) is 12.8 Å². The number of hydrogen-bond acceptors (Lipinski definition) is 5. The average molecular weight is 488 g/mol. The maximum absolute atomic E-state index is 14.1. The van der Waals surface area contributed by atoms with E-state index in [2.05, 4.69) is 20.3 Å². The fourth-order valence-electron chi connectivity index (χ4n) is 4.62. The van der Waals surface area contributed by atoms with Crippen molar-refractivity contribution in [1.82, 2.24) is 20.3 Å². The number of halogens is 3. The lowest BCUT2D eigenvalue weighted by Crippen LogP contribution is -2.46. The van der Waals surface area contributed by atoms with E-state index in [1.54, 1.807) is 6.92 Å². The van der Waals surface area contributed by atoms with Crippen molar-refractivity contribution in [2.45, 2.75) is 63.7 Å². The zero-order valence-corrected chi connectivity index (χ0v) is 19.4. The molecule has 0 aliphatic heterocycles. The van der Waals surface area contributed by atoms with Crippen molar-refractivity contribution in [3.8, 4) is 17.0 Å². The molecule has 4 N–H and O–H groups in total. The monoisotopic (exact) mass is 487 g/mol. The van der Waals surface area contributed by atoms with Gasteiger partial charge in [-0.05, 0) is 56.7 Å². The summed E-state index contributed by atoms with van der Waals surface area (Å²) < 4.78 is 47.1. The van der Waals surface area contributed by atoms with Crippen molar-refractivity contribution in [2.24, 2.45) is 11.7 Å². The first-order chi connectivity index (χ1) is 16.8. The molecule has 2 aliphatic carbocycles. The molecule has 3 atom stereocenters. The van der Waals surface area contributed by atoms with Crippen LogP contribution in [0.15, 0.2) is 24.5 Å². The summed E-state index contributed by atoms with van der Waals surface area (Å²) in [4.78, 5) is 25.0. The number of aromatic amines is 1. The molecule has 0 bridgehead atoms. The van der Waals surface area contributed by atoms with E-state index in [-0.39, 0.29) is 23.9 Å². The van der Waals surface area contributed by atoms with Crippen molar-refractivity contribution in [3.63, 3.8) is 0 Å². The molecule has 7 nitrogen and oxygen atoms in total. The predicted molar refractivity (Wildman–Crippen MR) is 125 cm³/mol. The third kappa shape index (κ3) is 4.84. The second-order valence-electron chi connectivity index (χ2n) is 9.54. The van der Waals surface area contributed by atoms with Gasteiger partial charge < -0.3 is 20.8 Å². The first kappa shape index (κ1) is 23.6. The minimum Gasteiger partial charge on any atom is -0.493 e. The van der Waals surface area contributed by atoms with Gasteiger partial charge in [-0.3, -0.25) is 4.79 Å². The number of fused-ring (bicyclic) bond motifs is 1. The number of benzene rings is 1. The largest absolute Gasteiger partial charge is 0.493 e. The minimum atomic E-state index is -2.65. The minimum absolute atomic E-state index is 0.150. The number of carbonyl (C=O) groups excluding carboxylic acids is 1. The Morgan fingerprint density at radius 2 is 2.06 bits per heavy atom. The fraction of sp³-hybridized carbons (Fsp3) is 0.480. The van der Waals surface area contributed by atoms with Gasteiger partial charge in [-0.15, -0.1) is 0 Å². The van der Waals surface area contributed by atoms with Crippen LogP contribution in [-0.4, -0.2) is 45.7 Å². The summed E-state index contributed by atoms with van der Waals surface area (Å²) in [7, 11) is 0. The SMILES string of the molecule is Cc1[nH]c2c(-c3cc(C(F)F)ccc3OCC3CC3)ncnc2c1C(=O)N[C@H]1CC[C@@H](N)[C@@H](F)C1. The summed E-state index contributed by atoms with van der Waals surface area (Å²) in [5.74, 6) is 0.550. The Labute approximate surface area is 200 Å². The van der Waals surface area contributed by atoms with Gasteiger partial charge in [0.25, 0.3) is 12.3 Å². The second-order valence-corrected chi connectivity index (χ2v) is 9.54. The van der Waals surface area contributed by atoms with Crippen LogP contribution in [0, 0.1) is 12.8 Å². The average Bonchev–Trinajstić information content (AvgIpc) is 3.59. The van der Waals surface area contributed by atoms with Crippen LogP contribution in [0.5, 0.6) is 5.75 Å². The van der Waals surface area contributed by atoms with Crippen LogP contribution in [0.2, 0.25) is 0 Å². The second kappa shape index (κ2) is 9.49. The number of amides is 1. The van der Waals surface area contributed by atoms with E-state index >= 15 is 0 Å². The highest BCUT2D eigenvalue weighted by Crippen LogP contribution is 2.38. The molecule has 3 aromatic rings. The zero-order valence-electron chi connectivity index (χ0n) is 19.4. The number of alkyl halides is 3. The molecule has 0 radical (unpaired) electrons. The molecule has 10 heteroatoms. The first-order valence-corrected chi connectivity index (χ1v) is 11.9. The summed E-state index contributed by atoms with van der Waals surface area (Å²) in [6.45, 7) is 2.24. The number of H-pyrrole nitrogens is 1. The van der Waals surface area contributed by atoms with E-state index < -0.39 is 18.6 Å². The molecule has 2 fully saturated rings. The maximum Gasteiger partial charge on any atom is 0.263 e. The third-order valence-electron chi connectivity index (χ3n) is 6.84. The number of carbonyl (C=O) groups is 1. The number of rotatable bonds is 7. The Morgan fingerprint density at radius 3 is 2.77 bits per heavy atom. The highest BCUT2D eigenvalue weighted by Gasteiger charge is 2.31. The maximum atomic E-state index is 14.1. The van der Waals surface area contributed by atoms with Crippen LogP contribution in [0.1, 0.15) is 60.1 Å². The molecule has 2 saturated carbocycles. The van der Waals surface area contributed by atoms with E-state index in [4.69, 9.17) is 10.5 Å². The van der Waals surface area contributed by atoms with Crippen molar-refractivity contribution >= 4 is 16.9 Å². The van der Waals surface area contributed by atoms with Gasteiger partial charge in [0.15, 0.2) is 0 Å². The molecule has 1 aromatic carbocycles. The highest BCUT2D eigenvalue weighted by atomic mass is 19.3. The number of aromatic nitrogens is 3. The Morgan fingerprint density at radius 1 is 1.26 bits per heavy atom. The molecule has 2 aromatic heterocycles. The lowest BCUT2D eigenvalue weighted by atomic mass is 9.90. The van der Waals surface area contributed by atoms with Crippen LogP contribution in [0.4, 0.5) is 13.2 Å². The summed E-state index contributed by atoms with van der Waals surface area (Å²) in [5, 5.41) is 2.90. The highest BCUT2D eigenvalue weighted by molar-refractivity contribution is 6.09. The Balaban J connectivity index is 1.50. The van der Waals surface area contributed by atoms with Crippen molar-refractivity contribution in [3.05, 3.63) is 41.3 Å². The molecule has 0 saturated heterocycles. The number of nitrogens with two attached hydrogens (primary N) is 1. The zero-order chi connectivity index (χ0) is 24.7. The first-order valence-electron chi connectivity index (χ1n) is 11.9. The molecule has 2 heterocycles. The normalized spacial score (nSPS) is 22.5. The molecule has 0 unspecified atom stereocenters. The fourth-order valence-corrected chi connectivity index (χ4v) is 4.62. The Bertz CT molecular complexity index is 1240. The van der Waals surface area contributed by atoms with Crippen LogP contribution in [-0.2, 0) is 0 Å². The van der Waals surface area contributed by atoms with Crippen LogP contribution in [0.25, 0.3) is 22.3 Å². The molecule has 186 valence electrons. The van der Waals surface area contributed by atoms with Gasteiger partial charge in [0, 0.05) is 35.3 Å². The van der Waals surface area contributed by atoms with E-state index in [1.165, 1.54) is 24.5 Å². The summed E-state index contributed by atoms with van der Waals surface area (Å²) in [6, 6.07) is 3.43. The van der Waals surface area contributed by atoms with Crippen molar-refractivity contribution in [2.75, 3.05) is 6.61 Å². The van der Waals surface area contributed by atoms with Crippen LogP contribution >= 0.6 is 0 Å². The van der Waals surface area contributed by atoms with E-state index in [1.807, 2.05) is 0 Å². The van der Waals surface area contributed by atoms with E-state index in [0.29, 0.717) is 64.7 Å². The van der Waals surface area contributed by atoms with Gasteiger partial charge in [0.2, 0.25) is 0 Å². The van der Waals surface area contributed by atoms with Gasteiger partial charge in [-0.1, -0.05) is 0 Å². The van der Waals surface area contributed by atoms with Crippen LogP contribution < -0.4 is 15.8 Å². The number of nitrogens with one attached hydrogen (secondary N) is 2. The lowest BCUT2D eigenvalue weighted by molar-refractivity contribution is 0.0906. The number of ether oxygens (including phenoxy) is 1. The Kier molecular flexibility index (Phi) is 6.39. The standard InChI is InChI=1S/C25H28F3N5O2/c1-12-20(25(34)33-15-5-6-18(29)17(26)9-15)22-23(32-12)21(30-11-31-22)16-8-14(24(27)28)4-7-19(16)35-10-13-2-3-13/h4,7-8,11,13,15,17-18,24,32H,2-3,5-6,9-10,29H2,1H3,(H,33,34)/t15-,17-,18+/m0/s1. The van der Waals surface area contributed by atoms with Gasteiger partial charge in [0.1, 0.15) is 29.5 Å². The van der Waals surface area contributed by atoms with Gasteiger partial charge in [0.05, 0.1) is 17.7 Å². The third-order valence-corrected chi connectivity index (χ3v) is 6.84. The molecule has 5 rings (SSSR count). The van der Waals surface area contributed by atoms with E-state index in [9.17, 15) is 18.0 Å². The quantitative estimate of drug-likeness (QED) is 0.451. The number of hydrogen-bond donors (Lipinski definition) is 3. The lowest BCUT2D eigenvalue weighted by Gasteiger charge is -2.29. The molecular formula is C25H28F3N5O2. The van der Waals surface area contributed by atoms with Gasteiger partial charge in [-0.25, -0.2) is 23.1 Å². The molecule has 0 spiro atoms. The summed E-state index contributed by atoms with van der Waals surface area (Å²) in [6.07, 6.45) is 0.919. The van der Waals surface area contributed by atoms with Crippen LogP contribution in [0.3, 0.4) is 0 Å². The molecule has 1 amide bonds. The topological polar surface area (TPSA) is 106 Å². The molecule has 35 heavy (non-hydrogen) atoms. The predicted octanol–water partition coefficient (Wildman–Crippen LogP) is 4.61.